The molecule has 0 unspecified atom stereocenters. The molecule has 0 aromatic heterocycles. The van der Waals surface area contributed by atoms with E-state index in [-0.39, 0.29) is 71.5 Å². The molecular formula is C27H42Na2O14. The van der Waals surface area contributed by atoms with Crippen LogP contribution in [0.5, 0.6) is 0 Å². The van der Waals surface area contributed by atoms with E-state index in [1.807, 2.05) is 0 Å². The minimum Gasteiger partial charge on any atom is -0.547 e. The first-order valence-corrected chi connectivity index (χ1v) is 14.6. The molecule has 2 heterocycles. The van der Waals surface area contributed by atoms with Crippen molar-refractivity contribution >= 4 is 11.9 Å². The molecule has 5 N–H and O–H groups in total. The van der Waals surface area contributed by atoms with Gasteiger partial charge in [0.1, 0.15) is 42.7 Å². The molecule has 2 aliphatic heterocycles. The summed E-state index contributed by atoms with van der Waals surface area (Å²) in [5, 5.41) is 76.0. The van der Waals surface area contributed by atoms with E-state index in [0.29, 0.717) is 25.7 Å². The van der Waals surface area contributed by atoms with Crippen molar-refractivity contribution in [3.63, 3.8) is 0 Å². The molecule has 236 valence electrons. The molecule has 0 spiro atoms. The number of rotatable bonds is 10. The number of carboxylic acid groups (broad SMARTS) is 2. The van der Waals surface area contributed by atoms with Gasteiger partial charge in [-0.1, -0.05) is 44.9 Å². The van der Waals surface area contributed by atoms with Crippen LogP contribution in [0.25, 0.3) is 0 Å². The monoisotopic (exact) mass is 636 g/mol. The average molecular weight is 637 g/mol. The van der Waals surface area contributed by atoms with Crippen LogP contribution in [-0.2, 0) is 33.3 Å². The fourth-order valence-corrected chi connectivity index (χ4v) is 6.27. The van der Waals surface area contributed by atoms with Gasteiger partial charge in [0, 0.05) is 0 Å². The van der Waals surface area contributed by atoms with E-state index in [2.05, 4.69) is 0 Å². The van der Waals surface area contributed by atoms with E-state index in [1.165, 1.54) is 6.92 Å². The number of hydrogen-bond donors (Lipinski definition) is 5. The first-order chi connectivity index (χ1) is 19.5. The van der Waals surface area contributed by atoms with Gasteiger partial charge >= 0.3 is 59.1 Å². The zero-order valence-electron chi connectivity index (χ0n) is 25.1. The molecule has 14 nitrogen and oxygen atoms in total. The summed E-state index contributed by atoms with van der Waals surface area (Å²) >= 11 is 0. The van der Waals surface area contributed by atoms with Crippen LogP contribution >= 0.6 is 0 Å². The largest absolute Gasteiger partial charge is 1.00 e. The second-order valence-corrected chi connectivity index (χ2v) is 11.7. The summed E-state index contributed by atoms with van der Waals surface area (Å²) in [5.74, 6) is -3.30. The summed E-state index contributed by atoms with van der Waals surface area (Å²) in [6.45, 7) is 1.51. The van der Waals surface area contributed by atoms with E-state index >= 15 is 0 Å². The van der Waals surface area contributed by atoms with Crippen LogP contribution in [0.1, 0.15) is 71.1 Å². The van der Waals surface area contributed by atoms with E-state index in [0.717, 1.165) is 32.1 Å². The van der Waals surface area contributed by atoms with Gasteiger partial charge in [0.25, 0.3) is 0 Å². The number of carbonyl (C=O) groups excluding carboxylic acids is 2. The maximum atomic E-state index is 11.9. The van der Waals surface area contributed by atoms with Crippen LogP contribution in [0.3, 0.4) is 0 Å². The van der Waals surface area contributed by atoms with Crippen molar-refractivity contribution in [2.75, 3.05) is 0 Å². The Hall–Kier alpha value is 0.540. The van der Waals surface area contributed by atoms with Crippen molar-refractivity contribution in [3.05, 3.63) is 0 Å². The summed E-state index contributed by atoms with van der Waals surface area (Å²) in [7, 11) is 0. The Morgan fingerprint density at radius 3 is 1.81 bits per heavy atom. The normalized spacial score (nSPS) is 41.3. The molecule has 4 fully saturated rings. The number of hydrogen-bond acceptors (Lipinski definition) is 14. The molecule has 0 amide bonds. The Labute approximate surface area is 294 Å². The number of aliphatic carboxylic acids is 2. The SMILES string of the molecule is C[C@H]1O[C@H](O[C@H]2CCCC[C@@H]2O[C@@H]2O[C@H](C(=O)[O-])[C@@H](O)[C@@H](O[C@@H](CC3CCCCC3)C(=O)[O-])[C@H]2O)[C@H](O)[C@H](O)[C@@H]1O.[Na+].[Na+]. The van der Waals surface area contributed by atoms with Crippen molar-refractivity contribution in [3.8, 4) is 0 Å². The summed E-state index contributed by atoms with van der Waals surface area (Å²) in [6, 6.07) is 0. The van der Waals surface area contributed by atoms with Crippen LogP contribution in [0, 0.1) is 5.92 Å². The zero-order chi connectivity index (χ0) is 29.8. The molecule has 0 aromatic carbocycles. The van der Waals surface area contributed by atoms with Crippen molar-refractivity contribution in [1.82, 2.24) is 0 Å². The smallest absolute Gasteiger partial charge is 0.547 e. The molecule has 0 aromatic rings. The van der Waals surface area contributed by atoms with E-state index < -0.39 is 91.7 Å². The molecule has 0 bridgehead atoms. The van der Waals surface area contributed by atoms with E-state index in [9.17, 15) is 45.3 Å². The van der Waals surface area contributed by atoms with Crippen LogP contribution in [0.4, 0.5) is 0 Å². The fourth-order valence-electron chi connectivity index (χ4n) is 6.27. The number of ether oxygens (including phenoxy) is 5. The third kappa shape index (κ3) is 10.0. The molecule has 13 atom stereocenters. The molecule has 2 saturated heterocycles. The van der Waals surface area contributed by atoms with Crippen LogP contribution in [-0.4, -0.2) is 117 Å². The molecule has 0 radical (unpaired) electrons. The Morgan fingerprint density at radius 1 is 0.744 bits per heavy atom. The minimum atomic E-state index is -1.99. The minimum absolute atomic E-state index is 0. The maximum absolute atomic E-state index is 11.9. The molecule has 4 rings (SSSR count). The van der Waals surface area contributed by atoms with E-state index in [1.54, 1.807) is 0 Å². The third-order valence-corrected chi connectivity index (χ3v) is 8.70. The van der Waals surface area contributed by atoms with Crippen molar-refractivity contribution < 1.29 is 128 Å². The molecular weight excluding hydrogens is 594 g/mol. The van der Waals surface area contributed by atoms with E-state index in [4.69, 9.17) is 23.7 Å². The van der Waals surface area contributed by atoms with Gasteiger partial charge < -0.3 is 69.0 Å². The fraction of sp³-hybridized carbons (Fsp3) is 0.926. The van der Waals surface area contributed by atoms with Gasteiger partial charge in [0.05, 0.1) is 36.4 Å². The predicted molar refractivity (Wildman–Crippen MR) is 131 cm³/mol. The van der Waals surface area contributed by atoms with Gasteiger partial charge in [-0.2, -0.15) is 0 Å². The quantitative estimate of drug-likeness (QED) is 0.140. The average Bonchev–Trinajstić information content (AvgIpc) is 2.94. The van der Waals surface area contributed by atoms with Gasteiger partial charge in [-0.15, -0.1) is 0 Å². The molecule has 2 saturated carbocycles. The second kappa shape index (κ2) is 18.2. The van der Waals surface area contributed by atoms with Gasteiger partial charge in [-0.3, -0.25) is 0 Å². The van der Waals surface area contributed by atoms with Crippen molar-refractivity contribution in [1.29, 1.82) is 0 Å². The maximum Gasteiger partial charge on any atom is 1.00 e. The Bertz CT molecular complexity index is 879. The number of aliphatic hydroxyl groups is 5. The molecule has 2 aliphatic carbocycles. The van der Waals surface area contributed by atoms with Gasteiger partial charge in [0.15, 0.2) is 12.6 Å². The van der Waals surface area contributed by atoms with Crippen LogP contribution < -0.4 is 69.3 Å². The second-order valence-electron chi connectivity index (χ2n) is 11.7. The Morgan fingerprint density at radius 2 is 1.28 bits per heavy atom. The third-order valence-electron chi connectivity index (χ3n) is 8.70. The Balaban J connectivity index is 0.00000323. The number of carbonyl (C=O) groups is 2. The Kier molecular flexibility index (Phi) is 16.8. The summed E-state index contributed by atoms with van der Waals surface area (Å²) in [4.78, 5) is 23.7. The summed E-state index contributed by atoms with van der Waals surface area (Å²) < 4.78 is 28.4. The summed E-state index contributed by atoms with van der Waals surface area (Å²) in [6.07, 6.45) is -11.8. The summed E-state index contributed by atoms with van der Waals surface area (Å²) in [5.41, 5.74) is 0. The van der Waals surface area contributed by atoms with Gasteiger partial charge in [-0.05, 0) is 32.1 Å². The van der Waals surface area contributed by atoms with Crippen molar-refractivity contribution in [2.45, 2.75) is 151 Å². The molecule has 43 heavy (non-hydrogen) atoms. The zero-order valence-corrected chi connectivity index (χ0v) is 29.1. The van der Waals surface area contributed by atoms with Crippen molar-refractivity contribution in [2.24, 2.45) is 5.92 Å². The number of aliphatic hydroxyl groups excluding tert-OH is 5. The van der Waals surface area contributed by atoms with Gasteiger partial charge in [0.2, 0.25) is 0 Å². The molecule has 16 heteroatoms. The predicted octanol–water partition coefficient (Wildman–Crippen LogP) is -9.16. The van der Waals surface area contributed by atoms with Crippen LogP contribution in [0.15, 0.2) is 0 Å². The van der Waals surface area contributed by atoms with Gasteiger partial charge in [-0.25, -0.2) is 0 Å². The topological polar surface area (TPSA) is 228 Å². The molecule has 4 aliphatic rings. The standard InChI is InChI=1S/C27H44O14.2Na/c1-12-17(28)18(29)19(30)26(37-12)39-14-9-5-6-10-15(14)40-27-21(32)22(20(31)23(41-27)25(35)36)38-16(24(33)34)11-13-7-3-2-4-8-13;;/h12-23,26-32H,2-11H2,1H3,(H,33,34)(H,35,36);;/q;2*+1/p-2/t12-,14+,15+,16+,17-,18-,19-,20+,21-,22-,23+,26-,27-;;/m1../s1. The first kappa shape index (κ1) is 39.7. The first-order valence-electron chi connectivity index (χ1n) is 14.6. The van der Waals surface area contributed by atoms with Crippen LogP contribution in [0.2, 0.25) is 0 Å². The number of carboxylic acids is 2.